The Morgan fingerprint density at radius 1 is 1.41 bits per heavy atom. The van der Waals surface area contributed by atoms with Crippen molar-refractivity contribution >= 4 is 21.7 Å². The summed E-state index contributed by atoms with van der Waals surface area (Å²) in [6, 6.07) is 5.78. The van der Waals surface area contributed by atoms with Crippen LogP contribution in [-0.2, 0) is 0 Å². The van der Waals surface area contributed by atoms with Crippen molar-refractivity contribution in [1.82, 2.24) is 5.16 Å². The van der Waals surface area contributed by atoms with Gasteiger partial charge in [-0.25, -0.2) is 4.39 Å². The van der Waals surface area contributed by atoms with Gasteiger partial charge in [0, 0.05) is 5.56 Å². The number of ketones is 1. The second kappa shape index (κ2) is 4.79. The molecule has 0 saturated heterocycles. The minimum Gasteiger partial charge on any atom is -0.360 e. The van der Waals surface area contributed by atoms with Gasteiger partial charge in [-0.2, -0.15) is 0 Å². The van der Waals surface area contributed by atoms with Crippen LogP contribution in [0.4, 0.5) is 4.39 Å². The first-order chi connectivity index (χ1) is 8.13. The number of carbonyl (C=O) groups excluding carboxylic acids is 1. The van der Waals surface area contributed by atoms with E-state index < -0.39 is 0 Å². The number of aromatic nitrogens is 1. The summed E-state index contributed by atoms with van der Waals surface area (Å²) in [6.07, 6.45) is 0. The molecule has 0 aliphatic rings. The molecule has 3 nitrogen and oxygen atoms in total. The summed E-state index contributed by atoms with van der Waals surface area (Å²) in [5.41, 5.74) is 1.55. The maximum absolute atomic E-state index is 12.8. The van der Waals surface area contributed by atoms with E-state index in [0.717, 1.165) is 0 Å². The Kier molecular flexibility index (Phi) is 3.38. The standard InChI is InChI=1S/C12H9BrFNO2/c1-7-11(10(16)6-13)12(15-17-7)8-2-4-9(14)5-3-8/h2-5H,6H2,1H3. The molecule has 0 saturated carbocycles. The lowest BCUT2D eigenvalue weighted by molar-refractivity contribution is 0.102. The SMILES string of the molecule is Cc1onc(-c2ccc(F)cc2)c1C(=O)CBr. The number of alkyl halides is 1. The molecule has 2 aromatic rings. The largest absolute Gasteiger partial charge is 0.360 e. The summed E-state index contributed by atoms with van der Waals surface area (Å²) in [5, 5.41) is 4.04. The number of rotatable bonds is 3. The second-order valence-corrected chi connectivity index (χ2v) is 4.09. The van der Waals surface area contributed by atoms with E-state index in [0.29, 0.717) is 22.6 Å². The molecule has 0 spiro atoms. The van der Waals surface area contributed by atoms with Gasteiger partial charge in [-0.3, -0.25) is 4.79 Å². The molecule has 0 aliphatic carbocycles. The van der Waals surface area contributed by atoms with E-state index in [9.17, 15) is 9.18 Å². The Morgan fingerprint density at radius 2 is 2.06 bits per heavy atom. The van der Waals surface area contributed by atoms with E-state index in [2.05, 4.69) is 21.1 Å². The summed E-state index contributed by atoms with van der Waals surface area (Å²) in [5.74, 6) is 0.0270. The van der Waals surface area contributed by atoms with Gasteiger partial charge < -0.3 is 4.52 Å². The van der Waals surface area contributed by atoms with E-state index in [1.807, 2.05) is 0 Å². The Labute approximate surface area is 106 Å². The van der Waals surface area contributed by atoms with Crippen molar-refractivity contribution in [2.45, 2.75) is 6.92 Å². The zero-order chi connectivity index (χ0) is 12.4. The van der Waals surface area contributed by atoms with Crippen molar-refractivity contribution < 1.29 is 13.7 Å². The third-order valence-corrected chi connectivity index (χ3v) is 2.89. The van der Waals surface area contributed by atoms with Crippen molar-refractivity contribution in [3.05, 3.63) is 41.4 Å². The maximum atomic E-state index is 12.8. The summed E-state index contributed by atoms with van der Waals surface area (Å²) in [6.45, 7) is 1.68. The summed E-state index contributed by atoms with van der Waals surface area (Å²) >= 11 is 3.11. The van der Waals surface area contributed by atoms with Crippen LogP contribution in [0.1, 0.15) is 16.1 Å². The highest BCUT2D eigenvalue weighted by Gasteiger charge is 2.20. The van der Waals surface area contributed by atoms with Crippen molar-refractivity contribution in [3.8, 4) is 11.3 Å². The molecule has 0 atom stereocenters. The number of carbonyl (C=O) groups is 1. The van der Waals surface area contributed by atoms with Gasteiger partial charge in [0.15, 0.2) is 5.78 Å². The topological polar surface area (TPSA) is 43.1 Å². The molecule has 88 valence electrons. The monoisotopic (exact) mass is 297 g/mol. The van der Waals surface area contributed by atoms with Crippen LogP contribution in [-0.4, -0.2) is 16.3 Å². The van der Waals surface area contributed by atoms with Gasteiger partial charge in [0.05, 0.1) is 10.9 Å². The highest BCUT2D eigenvalue weighted by atomic mass is 79.9. The summed E-state index contributed by atoms with van der Waals surface area (Å²) in [7, 11) is 0. The molecule has 0 radical (unpaired) electrons. The van der Waals surface area contributed by atoms with E-state index in [1.165, 1.54) is 12.1 Å². The smallest absolute Gasteiger partial charge is 0.179 e. The first-order valence-electron chi connectivity index (χ1n) is 4.95. The predicted molar refractivity (Wildman–Crippen MR) is 64.8 cm³/mol. The minimum atomic E-state index is -0.331. The van der Waals surface area contributed by atoms with Crippen LogP contribution in [0.2, 0.25) is 0 Å². The number of Topliss-reactive ketones (excluding diaryl/α,β-unsaturated/α-hetero) is 1. The molecule has 0 aliphatic heterocycles. The van der Waals surface area contributed by atoms with Crippen LogP contribution in [0.5, 0.6) is 0 Å². The van der Waals surface area contributed by atoms with Gasteiger partial charge in [0.25, 0.3) is 0 Å². The highest BCUT2D eigenvalue weighted by Crippen LogP contribution is 2.26. The van der Waals surface area contributed by atoms with Crippen LogP contribution in [0.15, 0.2) is 28.8 Å². The third kappa shape index (κ3) is 2.29. The number of benzene rings is 1. The van der Waals surface area contributed by atoms with E-state index in [1.54, 1.807) is 19.1 Å². The third-order valence-electron chi connectivity index (χ3n) is 2.38. The number of hydrogen-bond acceptors (Lipinski definition) is 3. The maximum Gasteiger partial charge on any atom is 0.179 e. The molecule has 5 heteroatoms. The zero-order valence-corrected chi connectivity index (χ0v) is 10.6. The van der Waals surface area contributed by atoms with Crippen LogP contribution in [0.25, 0.3) is 11.3 Å². The van der Waals surface area contributed by atoms with Crippen LogP contribution in [0, 0.1) is 12.7 Å². The molecule has 0 fully saturated rings. The van der Waals surface area contributed by atoms with Crippen molar-refractivity contribution in [2.75, 3.05) is 5.33 Å². The molecule has 1 heterocycles. The first kappa shape index (κ1) is 12.0. The Balaban J connectivity index is 2.52. The summed E-state index contributed by atoms with van der Waals surface area (Å²) < 4.78 is 17.8. The Morgan fingerprint density at radius 3 is 2.65 bits per heavy atom. The van der Waals surface area contributed by atoms with Gasteiger partial charge in [-0.15, -0.1) is 0 Å². The second-order valence-electron chi connectivity index (χ2n) is 3.53. The zero-order valence-electron chi connectivity index (χ0n) is 9.04. The Bertz CT molecular complexity index is 548. The normalized spacial score (nSPS) is 10.5. The lowest BCUT2D eigenvalue weighted by atomic mass is 10.0. The van der Waals surface area contributed by atoms with Crippen molar-refractivity contribution in [3.63, 3.8) is 0 Å². The first-order valence-corrected chi connectivity index (χ1v) is 6.07. The van der Waals surface area contributed by atoms with Gasteiger partial charge in [-0.1, -0.05) is 21.1 Å². The molecular formula is C12H9BrFNO2. The molecule has 2 rings (SSSR count). The summed E-state index contributed by atoms with van der Waals surface area (Å²) in [4.78, 5) is 11.7. The van der Waals surface area contributed by atoms with Crippen molar-refractivity contribution in [2.24, 2.45) is 0 Å². The van der Waals surface area contributed by atoms with Gasteiger partial charge >= 0.3 is 0 Å². The van der Waals surface area contributed by atoms with Gasteiger partial charge in [0.2, 0.25) is 0 Å². The van der Waals surface area contributed by atoms with E-state index in [4.69, 9.17) is 4.52 Å². The van der Waals surface area contributed by atoms with Gasteiger partial charge in [-0.05, 0) is 31.2 Å². The lowest BCUT2D eigenvalue weighted by Gasteiger charge is -1.99. The van der Waals surface area contributed by atoms with E-state index in [-0.39, 0.29) is 16.9 Å². The lowest BCUT2D eigenvalue weighted by Crippen LogP contribution is -2.02. The predicted octanol–water partition coefficient (Wildman–Crippen LogP) is 3.37. The molecule has 1 aromatic heterocycles. The number of nitrogens with zero attached hydrogens (tertiary/aromatic N) is 1. The highest BCUT2D eigenvalue weighted by molar-refractivity contribution is 9.09. The molecular weight excluding hydrogens is 289 g/mol. The van der Waals surface area contributed by atoms with Gasteiger partial charge in [0.1, 0.15) is 17.3 Å². The average molecular weight is 298 g/mol. The molecule has 0 amide bonds. The van der Waals surface area contributed by atoms with Crippen LogP contribution in [0.3, 0.4) is 0 Å². The van der Waals surface area contributed by atoms with Crippen LogP contribution < -0.4 is 0 Å². The Hall–Kier alpha value is -1.49. The minimum absolute atomic E-state index is 0.108. The number of aryl methyl sites for hydroxylation is 1. The number of hydrogen-bond donors (Lipinski definition) is 0. The van der Waals surface area contributed by atoms with Crippen LogP contribution >= 0.6 is 15.9 Å². The average Bonchev–Trinajstić information content (AvgIpc) is 2.71. The molecule has 17 heavy (non-hydrogen) atoms. The molecule has 0 N–H and O–H groups in total. The number of halogens is 2. The van der Waals surface area contributed by atoms with E-state index >= 15 is 0 Å². The molecule has 1 aromatic carbocycles. The molecule has 0 bridgehead atoms. The fourth-order valence-electron chi connectivity index (χ4n) is 1.57. The van der Waals surface area contributed by atoms with Crippen molar-refractivity contribution in [1.29, 1.82) is 0 Å². The molecule has 0 unspecified atom stereocenters. The quantitative estimate of drug-likeness (QED) is 0.644. The fourth-order valence-corrected chi connectivity index (χ4v) is 1.85. The fraction of sp³-hybridized carbons (Fsp3) is 0.167.